The molecule has 4 heteroatoms. The number of hydrogen-bond donors (Lipinski definition) is 1. The minimum atomic E-state index is -0.130. The molecule has 4 nitrogen and oxygen atoms in total. The van der Waals surface area contributed by atoms with Crippen LogP contribution in [-0.4, -0.2) is 18.7 Å². The number of ether oxygens (including phenoxy) is 1. The Balaban J connectivity index is 1.35. The highest BCUT2D eigenvalue weighted by Gasteiger charge is 2.29. The standard InChI is InChI=1S/C31H36N2O2/c1-3-22-10-12-23(13-11-22)24-14-16-25(17-15-24)26-18-19-29-30(20-26)35-28(4-2)21-33(29)31(34)32-27-8-6-5-7-9-27/h5-9,14-20,22-23,28H,3-4,10-13,21H2,1-2H3,(H,32,34). The maximum absolute atomic E-state index is 13.1. The van der Waals surface area contributed by atoms with E-state index in [0.717, 1.165) is 35.0 Å². The van der Waals surface area contributed by atoms with Gasteiger partial charge in [-0.15, -0.1) is 0 Å². The zero-order valence-electron chi connectivity index (χ0n) is 20.9. The molecule has 1 aliphatic carbocycles. The molecule has 1 unspecified atom stereocenters. The predicted molar refractivity (Wildman–Crippen MR) is 144 cm³/mol. The maximum atomic E-state index is 13.1. The first-order valence-electron chi connectivity index (χ1n) is 13.2. The molecule has 0 aromatic heterocycles. The van der Waals surface area contributed by atoms with Crippen LogP contribution < -0.4 is 15.0 Å². The van der Waals surface area contributed by atoms with Crippen LogP contribution in [0.3, 0.4) is 0 Å². The molecular formula is C31H36N2O2. The van der Waals surface area contributed by atoms with Crippen LogP contribution in [0.25, 0.3) is 11.1 Å². The summed E-state index contributed by atoms with van der Waals surface area (Å²) in [6.45, 7) is 4.95. The van der Waals surface area contributed by atoms with Gasteiger partial charge in [-0.1, -0.05) is 68.8 Å². The number of anilines is 2. The van der Waals surface area contributed by atoms with Crippen molar-refractivity contribution in [2.24, 2.45) is 5.92 Å². The normalized spacial score (nSPS) is 21.7. The van der Waals surface area contributed by atoms with Gasteiger partial charge in [-0.2, -0.15) is 0 Å². The van der Waals surface area contributed by atoms with Crippen molar-refractivity contribution >= 4 is 17.4 Å². The van der Waals surface area contributed by atoms with Gasteiger partial charge in [0.1, 0.15) is 11.9 Å². The number of rotatable bonds is 5. The summed E-state index contributed by atoms with van der Waals surface area (Å²) >= 11 is 0. The number of nitrogens with zero attached hydrogens (tertiary/aromatic N) is 1. The van der Waals surface area contributed by atoms with Crippen LogP contribution in [-0.2, 0) is 0 Å². The van der Waals surface area contributed by atoms with Crippen LogP contribution >= 0.6 is 0 Å². The molecule has 2 amide bonds. The van der Waals surface area contributed by atoms with Gasteiger partial charge in [0.05, 0.1) is 12.2 Å². The lowest BCUT2D eigenvalue weighted by atomic mass is 9.77. The molecule has 2 aliphatic rings. The highest BCUT2D eigenvalue weighted by Crippen LogP contribution is 2.40. The van der Waals surface area contributed by atoms with Gasteiger partial charge in [-0.25, -0.2) is 4.79 Å². The summed E-state index contributed by atoms with van der Waals surface area (Å²) in [5, 5.41) is 3.02. The predicted octanol–water partition coefficient (Wildman–Crippen LogP) is 8.25. The smallest absolute Gasteiger partial charge is 0.326 e. The van der Waals surface area contributed by atoms with Crippen molar-refractivity contribution in [2.45, 2.75) is 64.4 Å². The molecule has 0 spiro atoms. The number of fused-ring (bicyclic) bond motifs is 1. The third-order valence-electron chi connectivity index (χ3n) is 7.80. The Hall–Kier alpha value is -3.27. The van der Waals surface area contributed by atoms with E-state index in [2.05, 4.69) is 55.6 Å². The van der Waals surface area contributed by atoms with Crippen LogP contribution in [0, 0.1) is 5.92 Å². The lowest BCUT2D eigenvalue weighted by Gasteiger charge is -2.35. The van der Waals surface area contributed by atoms with E-state index in [1.807, 2.05) is 36.4 Å². The van der Waals surface area contributed by atoms with Crippen molar-refractivity contribution in [3.63, 3.8) is 0 Å². The minimum Gasteiger partial charge on any atom is -0.486 e. The molecule has 3 aromatic rings. The third-order valence-corrected chi connectivity index (χ3v) is 7.80. The molecule has 0 saturated heterocycles. The van der Waals surface area contributed by atoms with Crippen molar-refractivity contribution < 1.29 is 9.53 Å². The first kappa shape index (κ1) is 23.5. The molecule has 5 rings (SSSR count). The molecule has 0 radical (unpaired) electrons. The lowest BCUT2D eigenvalue weighted by Crippen LogP contribution is -2.45. The van der Waals surface area contributed by atoms with Crippen molar-refractivity contribution in [3.05, 3.63) is 78.4 Å². The van der Waals surface area contributed by atoms with Crippen molar-refractivity contribution in [2.75, 3.05) is 16.8 Å². The van der Waals surface area contributed by atoms with Crippen LogP contribution in [0.15, 0.2) is 72.8 Å². The Bertz CT molecular complexity index is 1130. The second-order valence-electron chi connectivity index (χ2n) is 9.99. The first-order valence-corrected chi connectivity index (χ1v) is 13.2. The summed E-state index contributed by atoms with van der Waals surface area (Å²) < 4.78 is 6.29. The third kappa shape index (κ3) is 5.22. The highest BCUT2D eigenvalue weighted by molar-refractivity contribution is 6.03. The number of carbonyl (C=O) groups excluding carboxylic acids is 1. The summed E-state index contributed by atoms with van der Waals surface area (Å²) in [5.41, 5.74) is 5.37. The average molecular weight is 469 g/mol. The Kier molecular flexibility index (Phi) is 7.08. The summed E-state index contributed by atoms with van der Waals surface area (Å²) in [6.07, 6.45) is 7.47. The van der Waals surface area contributed by atoms with Crippen LogP contribution in [0.1, 0.15) is 63.9 Å². The largest absolute Gasteiger partial charge is 0.486 e. The van der Waals surface area contributed by atoms with Crippen molar-refractivity contribution in [1.29, 1.82) is 0 Å². The lowest BCUT2D eigenvalue weighted by molar-refractivity contribution is 0.188. The van der Waals surface area contributed by atoms with Gasteiger partial charge in [-0.3, -0.25) is 4.90 Å². The first-order chi connectivity index (χ1) is 17.1. The minimum absolute atomic E-state index is 0.0279. The molecule has 1 saturated carbocycles. The molecule has 1 heterocycles. The monoisotopic (exact) mass is 468 g/mol. The summed E-state index contributed by atoms with van der Waals surface area (Å²) in [5.74, 6) is 2.38. The number of nitrogens with one attached hydrogen (secondary N) is 1. The molecule has 1 atom stereocenters. The SMILES string of the molecule is CCC1CCC(c2ccc(-c3ccc4c(c3)OC(CC)CN4C(=O)Nc3ccccc3)cc2)CC1. The number of urea groups is 1. The quantitative estimate of drug-likeness (QED) is 0.409. The molecule has 1 aliphatic heterocycles. The van der Waals surface area contributed by atoms with E-state index in [1.54, 1.807) is 4.90 Å². The Morgan fingerprint density at radius 3 is 2.29 bits per heavy atom. The number of amides is 2. The van der Waals surface area contributed by atoms with E-state index in [1.165, 1.54) is 43.2 Å². The van der Waals surface area contributed by atoms with Gasteiger partial charge in [0.2, 0.25) is 0 Å². The van der Waals surface area contributed by atoms with Crippen molar-refractivity contribution in [3.8, 4) is 16.9 Å². The zero-order chi connectivity index (χ0) is 24.2. The fourth-order valence-electron chi connectivity index (χ4n) is 5.50. The Morgan fingerprint density at radius 2 is 1.60 bits per heavy atom. The fourth-order valence-corrected chi connectivity index (χ4v) is 5.50. The van der Waals surface area contributed by atoms with Crippen LogP contribution in [0.2, 0.25) is 0 Å². The van der Waals surface area contributed by atoms with E-state index in [0.29, 0.717) is 12.5 Å². The number of para-hydroxylation sites is 1. The number of hydrogen-bond acceptors (Lipinski definition) is 2. The number of carbonyl (C=O) groups is 1. The van der Waals surface area contributed by atoms with Gasteiger partial charge in [0.15, 0.2) is 0 Å². The second kappa shape index (κ2) is 10.6. The van der Waals surface area contributed by atoms with Gasteiger partial charge in [0, 0.05) is 5.69 Å². The van der Waals surface area contributed by atoms with Gasteiger partial charge >= 0.3 is 6.03 Å². The van der Waals surface area contributed by atoms with E-state index in [9.17, 15) is 4.79 Å². The van der Waals surface area contributed by atoms with E-state index >= 15 is 0 Å². The summed E-state index contributed by atoms with van der Waals surface area (Å²) in [7, 11) is 0. The van der Waals surface area contributed by atoms with Crippen molar-refractivity contribution in [1.82, 2.24) is 0 Å². The Morgan fingerprint density at radius 1 is 0.886 bits per heavy atom. The highest BCUT2D eigenvalue weighted by atomic mass is 16.5. The van der Waals surface area contributed by atoms with E-state index in [4.69, 9.17) is 4.74 Å². The topological polar surface area (TPSA) is 41.6 Å². The Labute approximate surface area is 209 Å². The maximum Gasteiger partial charge on any atom is 0.326 e. The van der Waals surface area contributed by atoms with Gasteiger partial charge in [0.25, 0.3) is 0 Å². The molecule has 182 valence electrons. The second-order valence-corrected chi connectivity index (χ2v) is 9.99. The zero-order valence-corrected chi connectivity index (χ0v) is 20.9. The average Bonchev–Trinajstić information content (AvgIpc) is 2.92. The molecule has 1 fully saturated rings. The fraction of sp³-hybridized carbons (Fsp3) is 0.387. The van der Waals surface area contributed by atoms with Crippen LogP contribution in [0.4, 0.5) is 16.2 Å². The molecule has 1 N–H and O–H groups in total. The summed E-state index contributed by atoms with van der Waals surface area (Å²) in [4.78, 5) is 14.9. The van der Waals surface area contributed by atoms with E-state index in [-0.39, 0.29) is 12.1 Å². The molecule has 0 bridgehead atoms. The number of benzene rings is 3. The van der Waals surface area contributed by atoms with Gasteiger partial charge in [-0.05, 0) is 84.9 Å². The summed E-state index contributed by atoms with van der Waals surface area (Å²) in [6, 6.07) is 24.7. The van der Waals surface area contributed by atoms with Crippen LogP contribution in [0.5, 0.6) is 5.75 Å². The van der Waals surface area contributed by atoms with E-state index < -0.39 is 0 Å². The molecular weight excluding hydrogens is 432 g/mol. The molecule has 35 heavy (non-hydrogen) atoms. The molecule has 3 aromatic carbocycles. The van der Waals surface area contributed by atoms with Gasteiger partial charge < -0.3 is 10.1 Å².